The zero-order valence-electron chi connectivity index (χ0n) is 19.3. The van der Waals surface area contributed by atoms with Gasteiger partial charge in [0, 0.05) is 11.2 Å². The van der Waals surface area contributed by atoms with Gasteiger partial charge in [-0.15, -0.1) is 5.10 Å². The third-order valence-electron chi connectivity index (χ3n) is 5.53. The van der Waals surface area contributed by atoms with Crippen molar-refractivity contribution in [1.29, 1.82) is 0 Å². The van der Waals surface area contributed by atoms with Crippen LogP contribution in [0.5, 0.6) is 0 Å². The number of halogens is 4. The number of aliphatic hydroxyl groups is 2. The summed E-state index contributed by atoms with van der Waals surface area (Å²) in [6.45, 7) is 2.27. The number of aryl methyl sites for hydroxylation is 1. The SMILES string of the molecule is Cc1cccc(-n2nc(Cn3cc(-c4ccc(Cl)cc4)n(CC(O)C(F)(F)F)c3=O)nc2[C@H](C)O)c1. The van der Waals surface area contributed by atoms with E-state index in [1.807, 2.05) is 25.1 Å². The highest BCUT2D eigenvalue weighted by molar-refractivity contribution is 6.30. The van der Waals surface area contributed by atoms with Crippen LogP contribution in [-0.4, -0.2) is 46.4 Å². The van der Waals surface area contributed by atoms with Gasteiger partial charge in [-0.1, -0.05) is 35.9 Å². The van der Waals surface area contributed by atoms with Crippen LogP contribution in [0.25, 0.3) is 16.9 Å². The molecule has 12 heteroatoms. The number of benzene rings is 2. The molecule has 4 aromatic rings. The monoisotopic (exact) mass is 521 g/mol. The Kier molecular flexibility index (Phi) is 7.07. The van der Waals surface area contributed by atoms with Crippen LogP contribution in [-0.2, 0) is 13.1 Å². The van der Waals surface area contributed by atoms with Gasteiger partial charge in [0.2, 0.25) is 0 Å². The predicted molar refractivity (Wildman–Crippen MR) is 127 cm³/mol. The molecule has 36 heavy (non-hydrogen) atoms. The second kappa shape index (κ2) is 9.92. The fourth-order valence-electron chi connectivity index (χ4n) is 3.76. The predicted octanol–water partition coefficient (Wildman–Crippen LogP) is 3.88. The second-order valence-electron chi connectivity index (χ2n) is 8.41. The van der Waals surface area contributed by atoms with E-state index in [1.165, 1.54) is 17.8 Å². The van der Waals surface area contributed by atoms with E-state index < -0.39 is 30.6 Å². The van der Waals surface area contributed by atoms with Gasteiger partial charge in [-0.05, 0) is 49.2 Å². The van der Waals surface area contributed by atoms with E-state index in [0.717, 1.165) is 14.7 Å². The van der Waals surface area contributed by atoms with Crippen LogP contribution in [0.1, 0.15) is 30.2 Å². The maximum atomic E-state index is 13.1. The lowest BCUT2D eigenvalue weighted by atomic mass is 10.1. The molecule has 0 radical (unpaired) electrons. The zero-order chi connectivity index (χ0) is 26.2. The van der Waals surface area contributed by atoms with Crippen LogP contribution < -0.4 is 5.69 Å². The molecule has 2 N–H and O–H groups in total. The smallest absolute Gasteiger partial charge is 0.385 e. The van der Waals surface area contributed by atoms with E-state index in [-0.39, 0.29) is 23.9 Å². The lowest BCUT2D eigenvalue weighted by Crippen LogP contribution is -2.37. The van der Waals surface area contributed by atoms with Crippen molar-refractivity contribution in [3.8, 4) is 16.9 Å². The van der Waals surface area contributed by atoms with E-state index in [4.69, 9.17) is 11.6 Å². The first-order valence-corrected chi connectivity index (χ1v) is 11.3. The molecule has 0 fully saturated rings. The Balaban J connectivity index is 1.77. The molecule has 0 aliphatic heterocycles. The fourth-order valence-corrected chi connectivity index (χ4v) is 3.88. The molecule has 190 valence electrons. The Hall–Kier alpha value is -3.41. The number of rotatable bonds is 7. The Morgan fingerprint density at radius 1 is 1.11 bits per heavy atom. The molecule has 0 saturated carbocycles. The summed E-state index contributed by atoms with van der Waals surface area (Å²) in [6.07, 6.45) is -7.24. The van der Waals surface area contributed by atoms with Gasteiger partial charge in [-0.3, -0.25) is 9.13 Å². The molecule has 0 amide bonds. The van der Waals surface area contributed by atoms with Gasteiger partial charge in [0.25, 0.3) is 0 Å². The minimum Gasteiger partial charge on any atom is -0.385 e. The molecule has 2 heterocycles. The molecule has 4 rings (SSSR count). The summed E-state index contributed by atoms with van der Waals surface area (Å²) in [4.78, 5) is 17.5. The van der Waals surface area contributed by atoms with Crippen LogP contribution in [0, 0.1) is 6.92 Å². The van der Waals surface area contributed by atoms with Gasteiger partial charge in [0.1, 0.15) is 6.10 Å². The molecule has 0 aliphatic rings. The Morgan fingerprint density at radius 3 is 2.42 bits per heavy atom. The summed E-state index contributed by atoms with van der Waals surface area (Å²) in [5.41, 5.74) is 1.44. The molecule has 0 aliphatic carbocycles. The third-order valence-corrected chi connectivity index (χ3v) is 5.78. The van der Waals surface area contributed by atoms with Crippen molar-refractivity contribution in [1.82, 2.24) is 23.9 Å². The summed E-state index contributed by atoms with van der Waals surface area (Å²) in [5, 5.41) is 24.7. The van der Waals surface area contributed by atoms with Crippen LogP contribution in [0.2, 0.25) is 5.02 Å². The van der Waals surface area contributed by atoms with E-state index in [9.17, 15) is 28.2 Å². The van der Waals surface area contributed by atoms with Crippen molar-refractivity contribution < 1.29 is 23.4 Å². The van der Waals surface area contributed by atoms with Gasteiger partial charge in [0.05, 0.1) is 24.5 Å². The Morgan fingerprint density at radius 2 is 1.81 bits per heavy atom. The molecule has 0 bridgehead atoms. The highest BCUT2D eigenvalue weighted by Gasteiger charge is 2.39. The lowest BCUT2D eigenvalue weighted by Gasteiger charge is -2.16. The lowest BCUT2D eigenvalue weighted by molar-refractivity contribution is -0.207. The van der Waals surface area contributed by atoms with Crippen molar-refractivity contribution in [2.24, 2.45) is 0 Å². The van der Waals surface area contributed by atoms with Crippen molar-refractivity contribution in [3.05, 3.63) is 87.4 Å². The standard InChI is InChI=1S/C24H23ClF3N5O3/c1-14-4-3-5-18(10-14)33-22(15(2)34)29-21(30-33)13-31-11-19(16-6-8-17(25)9-7-16)32(23(31)36)12-20(35)24(26,27)28/h3-11,15,20,34-35H,12-13H2,1-2H3/t15-,20?/m0/s1. The van der Waals surface area contributed by atoms with Crippen molar-refractivity contribution in [3.63, 3.8) is 0 Å². The maximum absolute atomic E-state index is 13.1. The van der Waals surface area contributed by atoms with Crippen LogP contribution >= 0.6 is 11.6 Å². The number of nitrogens with zero attached hydrogens (tertiary/aromatic N) is 5. The fraction of sp³-hybridized carbons (Fsp3) is 0.292. The van der Waals surface area contributed by atoms with Crippen molar-refractivity contribution >= 4 is 11.6 Å². The highest BCUT2D eigenvalue weighted by Crippen LogP contribution is 2.25. The molecular weight excluding hydrogens is 499 g/mol. The molecule has 2 atom stereocenters. The Bertz CT molecular complexity index is 1420. The maximum Gasteiger partial charge on any atom is 0.416 e. The van der Waals surface area contributed by atoms with E-state index in [2.05, 4.69) is 10.1 Å². The summed E-state index contributed by atoms with van der Waals surface area (Å²) in [7, 11) is 0. The first-order chi connectivity index (χ1) is 16.9. The van der Waals surface area contributed by atoms with Crippen LogP contribution in [0.4, 0.5) is 13.2 Å². The molecule has 0 spiro atoms. The minimum absolute atomic E-state index is 0.161. The van der Waals surface area contributed by atoms with Crippen LogP contribution in [0.15, 0.2) is 59.5 Å². The van der Waals surface area contributed by atoms with Gasteiger partial charge < -0.3 is 10.2 Å². The van der Waals surface area contributed by atoms with Gasteiger partial charge in [-0.25, -0.2) is 14.5 Å². The number of alkyl halides is 3. The van der Waals surface area contributed by atoms with E-state index >= 15 is 0 Å². The normalized spacial score (nSPS) is 13.7. The summed E-state index contributed by atoms with van der Waals surface area (Å²) in [5.74, 6) is 0.416. The molecule has 8 nitrogen and oxygen atoms in total. The average molecular weight is 522 g/mol. The number of aliphatic hydroxyl groups excluding tert-OH is 2. The number of hydrogen-bond acceptors (Lipinski definition) is 5. The molecular formula is C24H23ClF3N5O3. The highest BCUT2D eigenvalue weighted by atomic mass is 35.5. The Labute approximate surface area is 208 Å². The second-order valence-corrected chi connectivity index (χ2v) is 8.85. The third kappa shape index (κ3) is 5.38. The number of imidazole rings is 1. The zero-order valence-corrected chi connectivity index (χ0v) is 20.1. The molecule has 2 aromatic heterocycles. The summed E-state index contributed by atoms with van der Waals surface area (Å²) < 4.78 is 42.7. The van der Waals surface area contributed by atoms with Crippen molar-refractivity contribution in [2.45, 2.75) is 45.3 Å². The van der Waals surface area contributed by atoms with Crippen molar-refractivity contribution in [2.75, 3.05) is 0 Å². The van der Waals surface area contributed by atoms with E-state index in [1.54, 1.807) is 30.3 Å². The van der Waals surface area contributed by atoms with E-state index in [0.29, 0.717) is 16.3 Å². The molecule has 2 aromatic carbocycles. The summed E-state index contributed by atoms with van der Waals surface area (Å²) in [6, 6.07) is 13.6. The quantitative estimate of drug-likeness (QED) is 0.384. The number of hydrogen-bond donors (Lipinski definition) is 2. The van der Waals surface area contributed by atoms with Gasteiger partial charge in [0.15, 0.2) is 17.8 Å². The van der Waals surface area contributed by atoms with Crippen LogP contribution in [0.3, 0.4) is 0 Å². The molecule has 1 unspecified atom stereocenters. The topological polar surface area (TPSA) is 98.1 Å². The first-order valence-electron chi connectivity index (χ1n) is 11.0. The van der Waals surface area contributed by atoms with Gasteiger partial charge >= 0.3 is 11.9 Å². The first kappa shape index (κ1) is 25.7. The van der Waals surface area contributed by atoms with Gasteiger partial charge in [-0.2, -0.15) is 13.2 Å². The largest absolute Gasteiger partial charge is 0.416 e. The number of aromatic nitrogens is 5. The minimum atomic E-state index is -4.90. The average Bonchev–Trinajstić information content (AvgIpc) is 3.36. The summed E-state index contributed by atoms with van der Waals surface area (Å²) >= 11 is 5.93. The molecule has 0 saturated heterocycles.